The average Bonchev–Trinajstić information content (AvgIpc) is 2.61. The summed E-state index contributed by atoms with van der Waals surface area (Å²) in [5.74, 6) is -0.420. The number of anilines is 1. The molecule has 0 saturated heterocycles. The first-order valence-electron chi connectivity index (χ1n) is 8.15. The molecular formula is C20H19NO5. The average molecular weight is 353 g/mol. The molecule has 1 aliphatic rings. The maximum atomic E-state index is 12.5. The number of ketones is 1. The van der Waals surface area contributed by atoms with Crippen LogP contribution in [0.1, 0.15) is 51.3 Å². The highest BCUT2D eigenvalue weighted by Gasteiger charge is 2.32. The van der Waals surface area contributed by atoms with Crippen molar-refractivity contribution in [1.29, 1.82) is 0 Å². The molecule has 3 rings (SSSR count). The zero-order valence-electron chi connectivity index (χ0n) is 14.8. The summed E-state index contributed by atoms with van der Waals surface area (Å²) < 4.78 is 10.5. The van der Waals surface area contributed by atoms with Gasteiger partial charge in [-0.05, 0) is 50.2 Å². The van der Waals surface area contributed by atoms with Crippen molar-refractivity contribution in [3.05, 3.63) is 59.2 Å². The maximum Gasteiger partial charge on any atom is 0.337 e. The van der Waals surface area contributed by atoms with E-state index >= 15 is 0 Å². The molecule has 26 heavy (non-hydrogen) atoms. The molecule has 0 unspecified atom stereocenters. The summed E-state index contributed by atoms with van der Waals surface area (Å²) in [7, 11) is 1.28. The standard InChI is InChI=1S/C20H19NO5/c1-20(2)11-16(22)15-10-14(7-8-17(15)26-20)21-18(23)12-5-4-6-13(9-12)19(24)25-3/h4-10H,11H2,1-3H3,(H,21,23). The number of carbonyl (C=O) groups excluding carboxylic acids is 3. The molecule has 1 heterocycles. The SMILES string of the molecule is COC(=O)c1cccc(C(=O)Nc2ccc3c(c2)C(=O)CC(C)(C)O3)c1. The van der Waals surface area contributed by atoms with Gasteiger partial charge in [-0.2, -0.15) is 0 Å². The molecule has 0 saturated carbocycles. The minimum Gasteiger partial charge on any atom is -0.487 e. The Kier molecular flexibility index (Phi) is 4.50. The van der Waals surface area contributed by atoms with Crippen LogP contribution in [-0.4, -0.2) is 30.4 Å². The van der Waals surface area contributed by atoms with Crippen LogP contribution >= 0.6 is 0 Å². The molecule has 6 heteroatoms. The van der Waals surface area contributed by atoms with Gasteiger partial charge in [0.05, 0.1) is 24.7 Å². The maximum absolute atomic E-state index is 12.5. The third-order valence-corrected chi connectivity index (χ3v) is 4.06. The molecular weight excluding hydrogens is 334 g/mol. The number of benzene rings is 2. The minimum atomic E-state index is -0.539. The Balaban J connectivity index is 1.82. The number of methoxy groups -OCH3 is 1. The summed E-state index contributed by atoms with van der Waals surface area (Å²) in [5.41, 5.74) is 0.994. The van der Waals surface area contributed by atoms with E-state index in [9.17, 15) is 14.4 Å². The molecule has 0 radical (unpaired) electrons. The van der Waals surface area contributed by atoms with Crippen LogP contribution in [0.15, 0.2) is 42.5 Å². The first-order valence-corrected chi connectivity index (χ1v) is 8.15. The highest BCUT2D eigenvalue weighted by Crippen LogP contribution is 2.34. The molecule has 1 amide bonds. The number of Topliss-reactive ketones (excluding diaryl/α,β-unsaturated/α-hetero) is 1. The largest absolute Gasteiger partial charge is 0.487 e. The van der Waals surface area contributed by atoms with Crippen molar-refractivity contribution in [2.45, 2.75) is 25.9 Å². The lowest BCUT2D eigenvalue weighted by atomic mass is 9.93. The summed E-state index contributed by atoms with van der Waals surface area (Å²) in [6.45, 7) is 3.72. The number of amides is 1. The Morgan fingerprint density at radius 1 is 1.12 bits per heavy atom. The van der Waals surface area contributed by atoms with Crippen LogP contribution in [0.3, 0.4) is 0 Å². The third-order valence-electron chi connectivity index (χ3n) is 4.06. The fraction of sp³-hybridized carbons (Fsp3) is 0.250. The van der Waals surface area contributed by atoms with Gasteiger partial charge < -0.3 is 14.8 Å². The number of fused-ring (bicyclic) bond motifs is 1. The predicted octanol–water partition coefficient (Wildman–Crippen LogP) is 3.47. The molecule has 2 aromatic rings. The van der Waals surface area contributed by atoms with Crippen LogP contribution in [0.5, 0.6) is 5.75 Å². The lowest BCUT2D eigenvalue weighted by Crippen LogP contribution is -2.35. The van der Waals surface area contributed by atoms with Gasteiger partial charge in [0.1, 0.15) is 11.4 Å². The molecule has 0 bridgehead atoms. The molecule has 0 fully saturated rings. The van der Waals surface area contributed by atoms with Crippen molar-refractivity contribution < 1.29 is 23.9 Å². The Morgan fingerprint density at radius 2 is 1.85 bits per heavy atom. The van der Waals surface area contributed by atoms with E-state index < -0.39 is 11.6 Å². The fourth-order valence-corrected chi connectivity index (χ4v) is 2.84. The van der Waals surface area contributed by atoms with Crippen LogP contribution < -0.4 is 10.1 Å². The van der Waals surface area contributed by atoms with Crippen LogP contribution in [0.25, 0.3) is 0 Å². The molecule has 0 aromatic heterocycles. The van der Waals surface area contributed by atoms with Crippen molar-refractivity contribution in [2.75, 3.05) is 12.4 Å². The first-order chi connectivity index (χ1) is 12.3. The molecule has 0 aliphatic carbocycles. The number of nitrogens with one attached hydrogen (secondary N) is 1. The molecule has 6 nitrogen and oxygen atoms in total. The van der Waals surface area contributed by atoms with Crippen molar-refractivity contribution in [1.82, 2.24) is 0 Å². The number of hydrogen-bond acceptors (Lipinski definition) is 5. The summed E-state index contributed by atoms with van der Waals surface area (Å²) in [5, 5.41) is 2.73. The molecule has 0 spiro atoms. The Morgan fingerprint density at radius 3 is 2.58 bits per heavy atom. The van der Waals surface area contributed by atoms with Gasteiger partial charge in [-0.15, -0.1) is 0 Å². The second-order valence-corrected chi connectivity index (χ2v) is 6.70. The predicted molar refractivity (Wildman–Crippen MR) is 95.8 cm³/mol. The van der Waals surface area contributed by atoms with E-state index in [1.807, 2.05) is 13.8 Å². The summed E-state index contributed by atoms with van der Waals surface area (Å²) in [6, 6.07) is 11.2. The van der Waals surface area contributed by atoms with Crippen molar-refractivity contribution in [3.8, 4) is 5.75 Å². The van der Waals surface area contributed by atoms with Crippen LogP contribution in [0.4, 0.5) is 5.69 Å². The zero-order valence-corrected chi connectivity index (χ0v) is 14.8. The van der Waals surface area contributed by atoms with Gasteiger partial charge in [0.15, 0.2) is 5.78 Å². The number of esters is 1. The highest BCUT2D eigenvalue weighted by molar-refractivity contribution is 6.07. The Bertz CT molecular complexity index is 901. The van der Waals surface area contributed by atoms with Crippen molar-refractivity contribution >= 4 is 23.3 Å². The number of hydrogen-bond donors (Lipinski definition) is 1. The van der Waals surface area contributed by atoms with E-state index in [-0.39, 0.29) is 23.7 Å². The Hall–Kier alpha value is -3.15. The molecule has 134 valence electrons. The van der Waals surface area contributed by atoms with Crippen molar-refractivity contribution in [2.24, 2.45) is 0 Å². The van der Waals surface area contributed by atoms with E-state index in [1.54, 1.807) is 36.4 Å². The number of carbonyl (C=O) groups is 3. The molecule has 2 aromatic carbocycles. The third kappa shape index (κ3) is 3.59. The number of rotatable bonds is 3. The van der Waals surface area contributed by atoms with E-state index in [2.05, 4.69) is 10.1 Å². The quantitative estimate of drug-likeness (QED) is 0.855. The second kappa shape index (κ2) is 6.63. The summed E-state index contributed by atoms with van der Waals surface area (Å²) >= 11 is 0. The van der Waals surface area contributed by atoms with E-state index in [4.69, 9.17) is 4.74 Å². The molecule has 1 aliphatic heterocycles. The van der Waals surface area contributed by atoms with Gasteiger partial charge in [0, 0.05) is 11.3 Å². The van der Waals surface area contributed by atoms with Crippen LogP contribution in [0.2, 0.25) is 0 Å². The second-order valence-electron chi connectivity index (χ2n) is 6.70. The molecule has 0 atom stereocenters. The first kappa shape index (κ1) is 17.7. The van der Waals surface area contributed by atoms with Gasteiger partial charge in [0.2, 0.25) is 0 Å². The van der Waals surface area contributed by atoms with Gasteiger partial charge in [0.25, 0.3) is 5.91 Å². The fourth-order valence-electron chi connectivity index (χ4n) is 2.84. The smallest absolute Gasteiger partial charge is 0.337 e. The van der Waals surface area contributed by atoms with Gasteiger partial charge in [-0.3, -0.25) is 9.59 Å². The number of ether oxygens (including phenoxy) is 2. The normalized spacial score (nSPS) is 14.8. The lowest BCUT2D eigenvalue weighted by Gasteiger charge is -2.31. The summed E-state index contributed by atoms with van der Waals surface area (Å²) in [4.78, 5) is 36.4. The van der Waals surface area contributed by atoms with E-state index in [1.165, 1.54) is 13.2 Å². The van der Waals surface area contributed by atoms with Crippen LogP contribution in [-0.2, 0) is 4.74 Å². The lowest BCUT2D eigenvalue weighted by molar-refractivity contribution is 0.0596. The molecule has 1 N–H and O–H groups in total. The van der Waals surface area contributed by atoms with E-state index in [0.29, 0.717) is 22.6 Å². The highest BCUT2D eigenvalue weighted by atomic mass is 16.5. The summed E-state index contributed by atoms with van der Waals surface area (Å²) in [6.07, 6.45) is 0.276. The van der Waals surface area contributed by atoms with E-state index in [0.717, 1.165) is 0 Å². The minimum absolute atomic E-state index is 0.0277. The Labute approximate surface area is 151 Å². The van der Waals surface area contributed by atoms with Gasteiger partial charge >= 0.3 is 5.97 Å². The monoisotopic (exact) mass is 353 g/mol. The van der Waals surface area contributed by atoms with Gasteiger partial charge in [-0.1, -0.05) is 6.07 Å². The zero-order chi connectivity index (χ0) is 18.9. The van der Waals surface area contributed by atoms with Crippen molar-refractivity contribution in [3.63, 3.8) is 0 Å². The van der Waals surface area contributed by atoms with Gasteiger partial charge in [-0.25, -0.2) is 4.79 Å². The topological polar surface area (TPSA) is 81.7 Å². The van der Waals surface area contributed by atoms with Crippen LogP contribution in [0, 0.1) is 0 Å².